The first-order chi connectivity index (χ1) is 6.83. The third-order valence-corrected chi connectivity index (χ3v) is 2.84. The van der Waals surface area contributed by atoms with Crippen LogP contribution in [-0.4, -0.2) is 23.2 Å². The summed E-state index contributed by atoms with van der Waals surface area (Å²) in [5, 5.41) is 8.85. The van der Waals surface area contributed by atoms with Gasteiger partial charge in [0.2, 0.25) is 0 Å². The normalized spacial score (nSPS) is 21.9. The van der Waals surface area contributed by atoms with Crippen LogP contribution in [-0.2, 0) is 6.61 Å². The molecule has 4 nitrogen and oxygen atoms in total. The standard InChI is InChI=1S/C10H16N2O2/c1-2-8-3-4-12(5-8)10-11-9(6-13)7-14-10/h7-8,13H,2-6H2,1H3. The smallest absolute Gasteiger partial charge is 0.297 e. The van der Waals surface area contributed by atoms with Gasteiger partial charge in [-0.2, -0.15) is 4.98 Å². The minimum Gasteiger partial charge on any atom is -0.432 e. The van der Waals surface area contributed by atoms with Crippen LogP contribution in [0.3, 0.4) is 0 Å². The summed E-state index contributed by atoms with van der Waals surface area (Å²) in [6.07, 6.45) is 3.95. The third kappa shape index (κ3) is 1.75. The van der Waals surface area contributed by atoms with Gasteiger partial charge in [0.05, 0.1) is 6.61 Å². The summed E-state index contributed by atoms with van der Waals surface area (Å²) < 4.78 is 5.29. The van der Waals surface area contributed by atoms with Gasteiger partial charge in [-0.1, -0.05) is 13.3 Å². The topological polar surface area (TPSA) is 49.5 Å². The molecule has 1 aromatic heterocycles. The van der Waals surface area contributed by atoms with Crippen LogP contribution in [0, 0.1) is 5.92 Å². The van der Waals surface area contributed by atoms with Gasteiger partial charge in [-0.15, -0.1) is 0 Å². The van der Waals surface area contributed by atoms with E-state index in [1.165, 1.54) is 19.1 Å². The summed E-state index contributed by atoms with van der Waals surface area (Å²) in [5.41, 5.74) is 0.611. The van der Waals surface area contributed by atoms with Crippen molar-refractivity contribution in [3.05, 3.63) is 12.0 Å². The molecule has 0 saturated carbocycles. The molecule has 1 aliphatic heterocycles. The average Bonchev–Trinajstić information content (AvgIpc) is 2.86. The van der Waals surface area contributed by atoms with Crippen LogP contribution in [0.25, 0.3) is 0 Å². The Hall–Kier alpha value is -1.03. The molecule has 2 rings (SSSR count). The minimum atomic E-state index is -0.0471. The highest BCUT2D eigenvalue weighted by Crippen LogP contribution is 2.24. The van der Waals surface area contributed by atoms with Gasteiger partial charge in [-0.25, -0.2) is 0 Å². The Kier molecular flexibility index (Phi) is 2.72. The maximum Gasteiger partial charge on any atom is 0.297 e. The van der Waals surface area contributed by atoms with Crippen molar-refractivity contribution >= 4 is 6.01 Å². The SMILES string of the molecule is CCC1CCN(c2nc(CO)co2)C1. The molecule has 2 heterocycles. The lowest BCUT2D eigenvalue weighted by atomic mass is 10.1. The van der Waals surface area contributed by atoms with Crippen molar-refractivity contribution in [2.24, 2.45) is 5.92 Å². The number of oxazole rings is 1. The second kappa shape index (κ2) is 4.00. The maximum absolute atomic E-state index is 8.85. The lowest BCUT2D eigenvalue weighted by Gasteiger charge is -2.12. The average molecular weight is 196 g/mol. The summed E-state index contributed by atoms with van der Waals surface area (Å²) in [4.78, 5) is 6.33. The van der Waals surface area contributed by atoms with Gasteiger partial charge in [-0.3, -0.25) is 0 Å². The van der Waals surface area contributed by atoms with Gasteiger partial charge in [-0.05, 0) is 12.3 Å². The predicted octanol–water partition coefficient (Wildman–Crippen LogP) is 1.40. The fraction of sp³-hybridized carbons (Fsp3) is 0.700. The van der Waals surface area contributed by atoms with Crippen molar-refractivity contribution in [1.29, 1.82) is 0 Å². The van der Waals surface area contributed by atoms with Crippen molar-refractivity contribution < 1.29 is 9.52 Å². The molecule has 0 radical (unpaired) electrons. The highest BCUT2D eigenvalue weighted by molar-refractivity contribution is 5.28. The molecule has 1 saturated heterocycles. The second-order valence-electron chi connectivity index (χ2n) is 3.79. The van der Waals surface area contributed by atoms with Crippen LogP contribution in [0.4, 0.5) is 6.01 Å². The number of anilines is 1. The van der Waals surface area contributed by atoms with E-state index in [1.807, 2.05) is 0 Å². The first kappa shape index (κ1) is 9.52. The van der Waals surface area contributed by atoms with Crippen LogP contribution < -0.4 is 4.90 Å². The van der Waals surface area contributed by atoms with E-state index in [-0.39, 0.29) is 6.61 Å². The fourth-order valence-corrected chi connectivity index (χ4v) is 1.85. The number of aliphatic hydroxyl groups excluding tert-OH is 1. The Balaban J connectivity index is 2.02. The summed E-state index contributed by atoms with van der Waals surface area (Å²) in [6.45, 7) is 4.21. The minimum absolute atomic E-state index is 0.0471. The summed E-state index contributed by atoms with van der Waals surface area (Å²) in [6, 6.07) is 0.657. The number of aromatic nitrogens is 1. The highest BCUT2D eigenvalue weighted by atomic mass is 16.4. The van der Waals surface area contributed by atoms with E-state index in [9.17, 15) is 0 Å². The van der Waals surface area contributed by atoms with E-state index in [0.29, 0.717) is 11.7 Å². The lowest BCUT2D eigenvalue weighted by molar-refractivity contribution is 0.276. The van der Waals surface area contributed by atoms with Gasteiger partial charge in [0.1, 0.15) is 12.0 Å². The molecule has 1 atom stereocenters. The number of hydrogen-bond donors (Lipinski definition) is 1. The zero-order valence-electron chi connectivity index (χ0n) is 8.44. The van der Waals surface area contributed by atoms with Crippen molar-refractivity contribution in [1.82, 2.24) is 4.98 Å². The van der Waals surface area contributed by atoms with Crippen LogP contribution in [0.15, 0.2) is 10.7 Å². The quantitative estimate of drug-likeness (QED) is 0.794. The predicted molar refractivity (Wildman–Crippen MR) is 53.0 cm³/mol. The molecule has 1 N–H and O–H groups in total. The maximum atomic E-state index is 8.85. The Labute approximate surface area is 83.5 Å². The lowest BCUT2D eigenvalue weighted by Crippen LogP contribution is -2.19. The molecular formula is C10H16N2O2. The molecule has 0 bridgehead atoms. The summed E-state index contributed by atoms with van der Waals surface area (Å²) in [5.74, 6) is 0.763. The molecule has 1 fully saturated rings. The molecular weight excluding hydrogens is 180 g/mol. The first-order valence-corrected chi connectivity index (χ1v) is 5.13. The Bertz CT molecular complexity index is 298. The second-order valence-corrected chi connectivity index (χ2v) is 3.79. The Morgan fingerprint density at radius 2 is 2.57 bits per heavy atom. The number of rotatable bonds is 3. The first-order valence-electron chi connectivity index (χ1n) is 5.13. The zero-order valence-corrected chi connectivity index (χ0v) is 8.44. The van der Waals surface area contributed by atoms with E-state index in [0.717, 1.165) is 19.0 Å². The molecule has 1 unspecified atom stereocenters. The molecule has 1 aliphatic rings. The van der Waals surface area contributed by atoms with E-state index >= 15 is 0 Å². The number of hydrogen-bond acceptors (Lipinski definition) is 4. The Morgan fingerprint density at radius 1 is 1.71 bits per heavy atom. The zero-order chi connectivity index (χ0) is 9.97. The fourth-order valence-electron chi connectivity index (χ4n) is 1.85. The van der Waals surface area contributed by atoms with Crippen molar-refractivity contribution in [3.8, 4) is 0 Å². The van der Waals surface area contributed by atoms with Crippen LogP contribution in [0.2, 0.25) is 0 Å². The van der Waals surface area contributed by atoms with Crippen molar-refractivity contribution in [2.45, 2.75) is 26.4 Å². The van der Waals surface area contributed by atoms with E-state index < -0.39 is 0 Å². The third-order valence-electron chi connectivity index (χ3n) is 2.84. The van der Waals surface area contributed by atoms with Crippen LogP contribution in [0.5, 0.6) is 0 Å². The molecule has 78 valence electrons. The van der Waals surface area contributed by atoms with Gasteiger partial charge >= 0.3 is 0 Å². The van der Waals surface area contributed by atoms with Gasteiger partial charge in [0, 0.05) is 13.1 Å². The molecule has 4 heteroatoms. The number of nitrogens with zero attached hydrogens (tertiary/aromatic N) is 2. The molecule has 0 spiro atoms. The van der Waals surface area contributed by atoms with Gasteiger partial charge in [0.15, 0.2) is 0 Å². The largest absolute Gasteiger partial charge is 0.432 e. The van der Waals surface area contributed by atoms with Gasteiger partial charge < -0.3 is 14.4 Å². The van der Waals surface area contributed by atoms with Gasteiger partial charge in [0.25, 0.3) is 6.01 Å². The summed E-state index contributed by atoms with van der Waals surface area (Å²) in [7, 11) is 0. The molecule has 1 aromatic rings. The molecule has 0 aromatic carbocycles. The van der Waals surface area contributed by atoms with E-state index in [4.69, 9.17) is 9.52 Å². The van der Waals surface area contributed by atoms with Crippen LogP contribution >= 0.6 is 0 Å². The van der Waals surface area contributed by atoms with E-state index in [1.54, 1.807) is 0 Å². The Morgan fingerprint density at radius 3 is 3.14 bits per heavy atom. The number of aliphatic hydroxyl groups is 1. The van der Waals surface area contributed by atoms with E-state index in [2.05, 4.69) is 16.8 Å². The van der Waals surface area contributed by atoms with Crippen molar-refractivity contribution in [3.63, 3.8) is 0 Å². The molecule has 0 aliphatic carbocycles. The van der Waals surface area contributed by atoms with Crippen LogP contribution in [0.1, 0.15) is 25.5 Å². The molecule has 14 heavy (non-hydrogen) atoms. The molecule has 0 amide bonds. The monoisotopic (exact) mass is 196 g/mol. The summed E-state index contributed by atoms with van der Waals surface area (Å²) >= 11 is 0. The van der Waals surface area contributed by atoms with Crippen molar-refractivity contribution in [2.75, 3.05) is 18.0 Å². The highest BCUT2D eigenvalue weighted by Gasteiger charge is 2.24.